The summed E-state index contributed by atoms with van der Waals surface area (Å²) >= 11 is 0. The number of amides is 2. The molecule has 2 amide bonds. The average molecular weight is 256 g/mol. The van der Waals surface area contributed by atoms with Crippen LogP contribution in [0.3, 0.4) is 0 Å². The zero-order valence-electron chi connectivity index (χ0n) is 10.8. The van der Waals surface area contributed by atoms with Gasteiger partial charge >= 0.3 is 12.0 Å². The highest BCUT2D eigenvalue weighted by atomic mass is 16.5. The minimum atomic E-state index is -1.04. The number of carboxylic acids is 1. The molecule has 1 aliphatic carbocycles. The second kappa shape index (κ2) is 4.76. The molecule has 0 aromatic heterocycles. The zero-order valence-corrected chi connectivity index (χ0v) is 10.8. The number of carbonyl (C=O) groups is 2. The number of urea groups is 1. The lowest BCUT2D eigenvalue weighted by Crippen LogP contribution is -2.63. The standard InChI is InChI=1S/C12H20N2O4/c1-8-6-14(7-9(2)18-8)11(17)13-12(10(15)16)4-3-5-12/h8-9H,3-7H2,1-2H3,(H,13,17)(H,15,16)/t8-,9+. The summed E-state index contributed by atoms with van der Waals surface area (Å²) < 4.78 is 5.55. The van der Waals surface area contributed by atoms with Crippen LogP contribution in [-0.4, -0.2) is 52.8 Å². The van der Waals surface area contributed by atoms with E-state index in [0.29, 0.717) is 25.9 Å². The van der Waals surface area contributed by atoms with Crippen molar-refractivity contribution < 1.29 is 19.4 Å². The van der Waals surface area contributed by atoms with E-state index in [1.165, 1.54) is 0 Å². The molecule has 0 bridgehead atoms. The van der Waals surface area contributed by atoms with Crippen LogP contribution in [0.1, 0.15) is 33.1 Å². The first-order valence-corrected chi connectivity index (χ1v) is 6.39. The summed E-state index contributed by atoms with van der Waals surface area (Å²) in [6, 6.07) is -0.292. The van der Waals surface area contributed by atoms with Crippen LogP contribution in [0.25, 0.3) is 0 Å². The molecule has 1 saturated carbocycles. The van der Waals surface area contributed by atoms with E-state index in [1.54, 1.807) is 4.90 Å². The van der Waals surface area contributed by atoms with Crippen LogP contribution in [0.2, 0.25) is 0 Å². The fourth-order valence-corrected chi connectivity index (χ4v) is 2.55. The van der Waals surface area contributed by atoms with Crippen LogP contribution < -0.4 is 5.32 Å². The maximum atomic E-state index is 12.1. The first-order valence-electron chi connectivity index (χ1n) is 6.39. The normalized spacial score (nSPS) is 30.4. The summed E-state index contributed by atoms with van der Waals surface area (Å²) in [6.45, 7) is 4.83. The van der Waals surface area contributed by atoms with Gasteiger partial charge in [0.15, 0.2) is 0 Å². The summed E-state index contributed by atoms with van der Waals surface area (Å²) in [5, 5.41) is 11.8. The number of ether oxygens (including phenoxy) is 1. The molecule has 0 radical (unpaired) electrons. The number of morpholine rings is 1. The van der Waals surface area contributed by atoms with Gasteiger partial charge in [0.05, 0.1) is 12.2 Å². The van der Waals surface area contributed by atoms with Crippen molar-refractivity contribution in [2.24, 2.45) is 0 Å². The molecule has 2 fully saturated rings. The zero-order chi connectivity index (χ0) is 13.3. The second-order valence-corrected chi connectivity index (χ2v) is 5.33. The van der Waals surface area contributed by atoms with Gasteiger partial charge in [-0.05, 0) is 33.1 Å². The van der Waals surface area contributed by atoms with Gasteiger partial charge in [-0.2, -0.15) is 0 Å². The van der Waals surface area contributed by atoms with E-state index in [9.17, 15) is 14.7 Å². The van der Waals surface area contributed by atoms with Crippen LogP contribution in [0.5, 0.6) is 0 Å². The van der Waals surface area contributed by atoms with Gasteiger partial charge in [-0.15, -0.1) is 0 Å². The van der Waals surface area contributed by atoms with E-state index in [2.05, 4.69) is 5.32 Å². The Kier molecular flexibility index (Phi) is 3.47. The largest absolute Gasteiger partial charge is 0.480 e. The molecule has 102 valence electrons. The minimum Gasteiger partial charge on any atom is -0.480 e. The van der Waals surface area contributed by atoms with E-state index < -0.39 is 11.5 Å². The highest BCUT2D eigenvalue weighted by molar-refractivity contribution is 5.87. The Bertz CT molecular complexity index is 344. The summed E-state index contributed by atoms with van der Waals surface area (Å²) in [6.07, 6.45) is 1.86. The van der Waals surface area contributed by atoms with E-state index >= 15 is 0 Å². The molecular weight excluding hydrogens is 236 g/mol. The summed E-state index contributed by atoms with van der Waals surface area (Å²) in [5.41, 5.74) is -1.04. The third-order valence-corrected chi connectivity index (χ3v) is 3.67. The average Bonchev–Trinajstić information content (AvgIpc) is 2.21. The Balaban J connectivity index is 1.97. The molecule has 0 aromatic rings. The lowest BCUT2D eigenvalue weighted by Gasteiger charge is -2.42. The Labute approximate surface area is 106 Å². The van der Waals surface area contributed by atoms with Crippen LogP contribution in [0.4, 0.5) is 4.79 Å². The number of hydrogen-bond acceptors (Lipinski definition) is 3. The molecule has 1 saturated heterocycles. The number of aliphatic carboxylic acids is 1. The molecule has 0 aromatic carbocycles. The first kappa shape index (κ1) is 13.1. The van der Waals surface area contributed by atoms with Crippen LogP contribution >= 0.6 is 0 Å². The van der Waals surface area contributed by atoms with E-state index in [4.69, 9.17) is 4.74 Å². The van der Waals surface area contributed by atoms with E-state index in [0.717, 1.165) is 6.42 Å². The molecule has 0 spiro atoms. The van der Waals surface area contributed by atoms with Gasteiger partial charge in [-0.3, -0.25) is 0 Å². The fraction of sp³-hybridized carbons (Fsp3) is 0.833. The molecule has 1 aliphatic heterocycles. The van der Waals surface area contributed by atoms with Crippen LogP contribution in [-0.2, 0) is 9.53 Å². The number of nitrogens with one attached hydrogen (secondary N) is 1. The van der Waals surface area contributed by atoms with Crippen molar-refractivity contribution in [3.8, 4) is 0 Å². The maximum absolute atomic E-state index is 12.1. The molecule has 2 N–H and O–H groups in total. The fourth-order valence-electron chi connectivity index (χ4n) is 2.55. The van der Waals surface area contributed by atoms with Gasteiger partial charge in [0.25, 0.3) is 0 Å². The molecule has 2 aliphatic rings. The van der Waals surface area contributed by atoms with Crippen molar-refractivity contribution in [2.75, 3.05) is 13.1 Å². The van der Waals surface area contributed by atoms with Gasteiger partial charge in [-0.25, -0.2) is 9.59 Å². The van der Waals surface area contributed by atoms with E-state index in [-0.39, 0.29) is 18.2 Å². The summed E-state index contributed by atoms with van der Waals surface area (Å²) in [7, 11) is 0. The van der Waals surface area contributed by atoms with Crippen molar-refractivity contribution in [3.05, 3.63) is 0 Å². The Morgan fingerprint density at radius 1 is 1.28 bits per heavy atom. The number of carbonyl (C=O) groups excluding carboxylic acids is 1. The molecule has 1 heterocycles. The second-order valence-electron chi connectivity index (χ2n) is 5.33. The van der Waals surface area contributed by atoms with Crippen LogP contribution in [0, 0.1) is 0 Å². The Morgan fingerprint density at radius 2 is 1.83 bits per heavy atom. The summed E-state index contributed by atoms with van der Waals surface area (Å²) in [5.74, 6) is -0.934. The molecular formula is C12H20N2O4. The third-order valence-electron chi connectivity index (χ3n) is 3.67. The minimum absolute atomic E-state index is 0.0123. The lowest BCUT2D eigenvalue weighted by atomic mass is 9.77. The monoisotopic (exact) mass is 256 g/mol. The topological polar surface area (TPSA) is 78.9 Å². The number of nitrogens with zero attached hydrogens (tertiary/aromatic N) is 1. The quantitative estimate of drug-likeness (QED) is 0.766. The first-order chi connectivity index (χ1) is 8.43. The lowest BCUT2D eigenvalue weighted by molar-refractivity contribution is -0.148. The number of rotatable bonds is 2. The SMILES string of the molecule is C[C@@H]1CN(C(=O)NC2(C(=O)O)CCC2)C[C@H](C)O1. The molecule has 0 unspecified atom stereocenters. The summed E-state index contributed by atoms with van der Waals surface area (Å²) in [4.78, 5) is 24.9. The van der Waals surface area contributed by atoms with Gasteiger partial charge < -0.3 is 20.1 Å². The van der Waals surface area contributed by atoms with Crippen molar-refractivity contribution in [1.29, 1.82) is 0 Å². The van der Waals surface area contributed by atoms with Crippen molar-refractivity contribution >= 4 is 12.0 Å². The van der Waals surface area contributed by atoms with Gasteiger partial charge in [0.2, 0.25) is 0 Å². The van der Waals surface area contributed by atoms with Crippen molar-refractivity contribution in [2.45, 2.75) is 50.9 Å². The van der Waals surface area contributed by atoms with E-state index in [1.807, 2.05) is 13.8 Å². The van der Waals surface area contributed by atoms with Gasteiger partial charge in [0, 0.05) is 13.1 Å². The van der Waals surface area contributed by atoms with Crippen molar-refractivity contribution in [1.82, 2.24) is 10.2 Å². The Hall–Kier alpha value is -1.30. The Morgan fingerprint density at radius 3 is 2.22 bits per heavy atom. The highest BCUT2D eigenvalue weighted by Gasteiger charge is 2.46. The highest BCUT2D eigenvalue weighted by Crippen LogP contribution is 2.32. The molecule has 6 nitrogen and oxygen atoms in total. The molecule has 6 heteroatoms. The number of carboxylic acid groups (broad SMARTS) is 1. The molecule has 2 rings (SSSR count). The number of hydrogen-bond donors (Lipinski definition) is 2. The van der Waals surface area contributed by atoms with Gasteiger partial charge in [0.1, 0.15) is 5.54 Å². The predicted octanol–water partition coefficient (Wildman–Crippen LogP) is 0.812. The van der Waals surface area contributed by atoms with Crippen molar-refractivity contribution in [3.63, 3.8) is 0 Å². The third kappa shape index (κ3) is 2.43. The van der Waals surface area contributed by atoms with Crippen LogP contribution in [0.15, 0.2) is 0 Å². The molecule has 18 heavy (non-hydrogen) atoms. The van der Waals surface area contributed by atoms with Gasteiger partial charge in [-0.1, -0.05) is 0 Å². The smallest absolute Gasteiger partial charge is 0.329 e. The molecule has 2 atom stereocenters. The predicted molar refractivity (Wildman–Crippen MR) is 64.3 cm³/mol. The maximum Gasteiger partial charge on any atom is 0.329 e.